The molecular weight excluding hydrogens is 799 g/mol. The summed E-state index contributed by atoms with van der Waals surface area (Å²) >= 11 is 0. The molecule has 306 valence electrons. The molecule has 0 atom stereocenters. The van der Waals surface area contributed by atoms with Crippen LogP contribution < -0.4 is 18.9 Å². The molecule has 0 bridgehead atoms. The van der Waals surface area contributed by atoms with Crippen LogP contribution in [0.5, 0.6) is 23.0 Å². The Morgan fingerprint density at radius 1 is 0.492 bits per heavy atom. The minimum Gasteiger partial charge on any atom is -0.496 e. The monoisotopic (exact) mass is 830 g/mol. The zero-order valence-corrected chi connectivity index (χ0v) is 32.2. The van der Waals surface area contributed by atoms with E-state index in [0.29, 0.717) is 56.0 Å². The fourth-order valence-corrected chi connectivity index (χ4v) is 7.38. The molecule has 1 aliphatic carbocycles. The van der Waals surface area contributed by atoms with Crippen LogP contribution >= 0.6 is 0 Å². The van der Waals surface area contributed by atoms with Gasteiger partial charge in [-0.2, -0.15) is 26.3 Å². The number of hydrogen-bond donors (Lipinski definition) is 0. The number of benzene rings is 6. The quantitative estimate of drug-likeness (QED) is 0.0470. The number of rotatable bonds is 14. The van der Waals surface area contributed by atoms with E-state index in [1.165, 1.54) is 74.9 Å². The SMILES string of the molecule is COc1ccccc1C=CC(=O)c1ccc2c(c1)C(c1ccc(OC(F)=C(F)F)cc1)(c1ccc(OC(F)=C(F)F)cc1)c1cc(C(=O)C=Cc3ccccc3OC)ccc1-2. The second-order valence-electron chi connectivity index (χ2n) is 13.5. The summed E-state index contributed by atoms with van der Waals surface area (Å²) in [6.45, 7) is 0. The van der Waals surface area contributed by atoms with Crippen molar-refractivity contribution in [3.63, 3.8) is 0 Å². The molecule has 6 aromatic rings. The normalized spacial score (nSPS) is 12.4. The van der Waals surface area contributed by atoms with Crippen LogP contribution in [0, 0.1) is 0 Å². The molecule has 0 fully saturated rings. The van der Waals surface area contributed by atoms with E-state index < -0.39 is 29.6 Å². The fourth-order valence-electron chi connectivity index (χ4n) is 7.38. The van der Waals surface area contributed by atoms with E-state index in [2.05, 4.69) is 0 Å². The van der Waals surface area contributed by atoms with E-state index in [4.69, 9.17) is 18.9 Å². The van der Waals surface area contributed by atoms with E-state index in [0.717, 1.165) is 0 Å². The summed E-state index contributed by atoms with van der Waals surface area (Å²) in [6.07, 6.45) is 0.705. The van der Waals surface area contributed by atoms with Crippen molar-refractivity contribution in [3.05, 3.63) is 214 Å². The van der Waals surface area contributed by atoms with Crippen LogP contribution in [0.2, 0.25) is 0 Å². The highest BCUT2D eigenvalue weighted by atomic mass is 19.3. The Kier molecular flexibility index (Phi) is 12.1. The van der Waals surface area contributed by atoms with E-state index in [9.17, 15) is 35.9 Å². The van der Waals surface area contributed by atoms with E-state index in [-0.39, 0.29) is 34.2 Å². The van der Waals surface area contributed by atoms with Gasteiger partial charge in [-0.3, -0.25) is 9.59 Å². The Morgan fingerprint density at radius 3 is 1.23 bits per heavy atom. The summed E-state index contributed by atoms with van der Waals surface area (Å²) in [4.78, 5) is 27.9. The minimum absolute atomic E-state index is 0.259. The Morgan fingerprint density at radius 2 is 0.869 bits per heavy atom. The first kappa shape index (κ1) is 41.6. The summed E-state index contributed by atoms with van der Waals surface area (Å²) in [5.41, 5.74) is 3.58. The number of ketones is 2. The van der Waals surface area contributed by atoms with Crippen LogP contribution in [0.25, 0.3) is 23.3 Å². The second-order valence-corrected chi connectivity index (χ2v) is 13.5. The molecule has 0 saturated heterocycles. The lowest BCUT2D eigenvalue weighted by molar-refractivity contribution is 0.103. The van der Waals surface area contributed by atoms with Crippen LogP contribution in [0.3, 0.4) is 0 Å². The number of fused-ring (bicyclic) bond motifs is 3. The Balaban J connectivity index is 1.44. The standard InChI is InChI=1S/C49H32F6O6/c1-58-43-9-5-3-7-29(43)13-25-41(56)31-11-23-37-38-24-12-32(42(57)26-14-30-8-4-6-10-44(30)59-2)28-40(38)49(39(37)27-31,33-15-19-35(20-16-33)60-47(54)45(50)51)34-17-21-36(22-18-34)61-48(55)46(52)53/h3-28H,1-2H3. The lowest BCUT2D eigenvalue weighted by Gasteiger charge is -2.34. The highest BCUT2D eigenvalue weighted by molar-refractivity contribution is 6.09. The lowest BCUT2D eigenvalue weighted by Crippen LogP contribution is -2.29. The van der Waals surface area contributed by atoms with Gasteiger partial charge in [-0.15, -0.1) is 0 Å². The van der Waals surface area contributed by atoms with Gasteiger partial charge in [-0.1, -0.05) is 84.9 Å². The van der Waals surface area contributed by atoms with Gasteiger partial charge < -0.3 is 18.9 Å². The number of hydrogen-bond acceptors (Lipinski definition) is 6. The average molecular weight is 831 g/mol. The van der Waals surface area contributed by atoms with Gasteiger partial charge in [0.2, 0.25) is 0 Å². The number of halogens is 6. The van der Waals surface area contributed by atoms with E-state index >= 15 is 0 Å². The Labute approximate surface area is 345 Å². The van der Waals surface area contributed by atoms with Gasteiger partial charge in [0.15, 0.2) is 11.6 Å². The molecule has 0 radical (unpaired) electrons. The molecule has 0 amide bonds. The maximum Gasteiger partial charge on any atom is 0.344 e. The first-order valence-electron chi connectivity index (χ1n) is 18.4. The van der Waals surface area contributed by atoms with Crippen molar-refractivity contribution in [2.75, 3.05) is 14.2 Å². The molecule has 7 rings (SSSR count). The Hall–Kier alpha value is -7.60. The molecule has 0 spiro atoms. The molecule has 0 unspecified atom stereocenters. The molecule has 0 N–H and O–H groups in total. The molecular formula is C49H32F6O6. The van der Waals surface area contributed by atoms with Gasteiger partial charge in [0.25, 0.3) is 0 Å². The van der Waals surface area contributed by atoms with Crippen LogP contribution in [0.4, 0.5) is 26.3 Å². The second kappa shape index (κ2) is 17.7. The highest BCUT2D eigenvalue weighted by Crippen LogP contribution is 2.57. The van der Waals surface area contributed by atoms with E-state index in [1.807, 2.05) is 0 Å². The van der Waals surface area contributed by atoms with Crippen LogP contribution in [-0.4, -0.2) is 25.8 Å². The third-order valence-electron chi connectivity index (χ3n) is 10.1. The minimum atomic E-state index is -2.66. The molecule has 0 saturated carbocycles. The predicted octanol–water partition coefficient (Wildman–Crippen LogP) is 12.7. The number of para-hydroxylation sites is 2. The lowest BCUT2D eigenvalue weighted by atomic mass is 9.67. The number of allylic oxidation sites excluding steroid dienone is 2. The summed E-state index contributed by atoms with van der Waals surface area (Å²) in [6, 6.07) is 31.4. The molecule has 0 aromatic heterocycles. The van der Waals surface area contributed by atoms with Gasteiger partial charge >= 0.3 is 24.2 Å². The first-order valence-corrected chi connectivity index (χ1v) is 18.4. The van der Waals surface area contributed by atoms with Crippen molar-refractivity contribution in [1.29, 1.82) is 0 Å². The molecule has 0 heterocycles. The number of methoxy groups -OCH3 is 2. The van der Waals surface area contributed by atoms with Crippen molar-refractivity contribution >= 4 is 23.7 Å². The fraction of sp³-hybridized carbons (Fsp3) is 0.0612. The maximum absolute atomic E-state index is 13.9. The molecule has 1 aliphatic rings. The van der Waals surface area contributed by atoms with Crippen molar-refractivity contribution in [1.82, 2.24) is 0 Å². The summed E-state index contributed by atoms with van der Waals surface area (Å²) < 4.78 is 100. The van der Waals surface area contributed by atoms with Crippen LogP contribution in [0.1, 0.15) is 54.1 Å². The van der Waals surface area contributed by atoms with Crippen molar-refractivity contribution in [2.24, 2.45) is 0 Å². The van der Waals surface area contributed by atoms with Crippen molar-refractivity contribution in [3.8, 4) is 34.1 Å². The van der Waals surface area contributed by atoms with Crippen LogP contribution in [0.15, 0.2) is 170 Å². The third-order valence-corrected chi connectivity index (χ3v) is 10.1. The largest absolute Gasteiger partial charge is 0.496 e. The summed E-state index contributed by atoms with van der Waals surface area (Å²) in [5, 5.41) is 0. The molecule has 6 aromatic carbocycles. The smallest absolute Gasteiger partial charge is 0.344 e. The summed E-state index contributed by atoms with van der Waals surface area (Å²) in [7, 11) is 3.02. The van der Waals surface area contributed by atoms with Gasteiger partial charge in [0.05, 0.1) is 19.6 Å². The summed E-state index contributed by atoms with van der Waals surface area (Å²) in [5.74, 6) is -0.196. The third kappa shape index (κ3) is 8.33. The maximum atomic E-state index is 13.9. The Bertz CT molecular complexity index is 2570. The van der Waals surface area contributed by atoms with Crippen molar-refractivity contribution < 1.29 is 54.9 Å². The highest BCUT2D eigenvalue weighted by Gasteiger charge is 2.47. The van der Waals surface area contributed by atoms with Crippen molar-refractivity contribution in [2.45, 2.75) is 5.41 Å². The zero-order chi connectivity index (χ0) is 43.3. The predicted molar refractivity (Wildman–Crippen MR) is 218 cm³/mol. The average Bonchev–Trinajstić information content (AvgIpc) is 3.57. The van der Waals surface area contributed by atoms with E-state index in [1.54, 1.807) is 97.1 Å². The molecule has 61 heavy (non-hydrogen) atoms. The van der Waals surface area contributed by atoms with Gasteiger partial charge in [0, 0.05) is 22.3 Å². The molecule has 6 nitrogen and oxygen atoms in total. The number of ether oxygens (including phenoxy) is 4. The number of carbonyl (C=O) groups is 2. The molecule has 12 heteroatoms. The number of carbonyl (C=O) groups excluding carboxylic acids is 2. The topological polar surface area (TPSA) is 71.1 Å². The zero-order valence-electron chi connectivity index (χ0n) is 32.2. The van der Waals surface area contributed by atoms with Gasteiger partial charge in [-0.25, -0.2) is 0 Å². The van der Waals surface area contributed by atoms with Gasteiger partial charge in [-0.05, 0) is 106 Å². The van der Waals surface area contributed by atoms with Gasteiger partial charge in [0.1, 0.15) is 23.0 Å². The van der Waals surface area contributed by atoms with Crippen LogP contribution in [-0.2, 0) is 5.41 Å². The molecule has 0 aliphatic heterocycles. The first-order chi connectivity index (χ1) is 29.4.